The van der Waals surface area contributed by atoms with E-state index in [1.165, 1.54) is 6.20 Å². The van der Waals surface area contributed by atoms with E-state index >= 15 is 0 Å². The summed E-state index contributed by atoms with van der Waals surface area (Å²) in [6.07, 6.45) is 5.96. The van der Waals surface area contributed by atoms with E-state index in [1.807, 2.05) is 18.2 Å². The molecule has 4 heterocycles. The summed E-state index contributed by atoms with van der Waals surface area (Å²) in [7, 11) is 0. The van der Waals surface area contributed by atoms with Gasteiger partial charge in [0, 0.05) is 64.9 Å². The van der Waals surface area contributed by atoms with Crippen LogP contribution in [0.15, 0.2) is 42.9 Å². The highest BCUT2D eigenvalue weighted by Crippen LogP contribution is 2.31. The molecule has 27 heavy (non-hydrogen) atoms. The van der Waals surface area contributed by atoms with Crippen molar-refractivity contribution in [1.82, 2.24) is 20.2 Å². The minimum absolute atomic E-state index is 0.257. The minimum atomic E-state index is -0.257. The first kappa shape index (κ1) is 16.1. The Morgan fingerprint density at radius 1 is 1.19 bits per heavy atom. The molecular weight excluding hydrogens is 345 g/mol. The number of nitrogens with zero attached hydrogens (tertiary/aromatic N) is 3. The second-order valence-corrected chi connectivity index (χ2v) is 6.83. The molecule has 0 bridgehead atoms. The Labute approximate surface area is 154 Å². The monoisotopic (exact) mass is 363 g/mol. The Bertz CT molecular complexity index is 1120. The van der Waals surface area contributed by atoms with Crippen LogP contribution in [0, 0.1) is 11.7 Å². The fourth-order valence-corrected chi connectivity index (χ4v) is 3.56. The molecule has 1 fully saturated rings. The minimum Gasteiger partial charge on any atom is -0.381 e. The quantitative estimate of drug-likeness (QED) is 0.577. The zero-order chi connectivity index (χ0) is 18.2. The number of H-pyrrole nitrogens is 1. The maximum Gasteiger partial charge on any atom is 0.158 e. The van der Waals surface area contributed by atoms with Gasteiger partial charge in [-0.15, -0.1) is 10.2 Å². The number of pyridine rings is 1. The van der Waals surface area contributed by atoms with Crippen LogP contribution >= 0.6 is 0 Å². The summed E-state index contributed by atoms with van der Waals surface area (Å²) in [6, 6.07) is 7.46. The zero-order valence-corrected chi connectivity index (χ0v) is 14.6. The van der Waals surface area contributed by atoms with Gasteiger partial charge in [0.05, 0.1) is 6.61 Å². The lowest BCUT2D eigenvalue weighted by atomic mass is 10.0. The number of rotatable bonds is 4. The lowest BCUT2D eigenvalue weighted by molar-refractivity contribution is 0.187. The summed E-state index contributed by atoms with van der Waals surface area (Å²) in [5.74, 6) is 0.955. The van der Waals surface area contributed by atoms with Crippen molar-refractivity contribution in [2.75, 3.05) is 25.1 Å². The predicted molar refractivity (Wildman–Crippen MR) is 102 cm³/mol. The van der Waals surface area contributed by atoms with Crippen molar-refractivity contribution in [1.29, 1.82) is 0 Å². The van der Waals surface area contributed by atoms with Gasteiger partial charge < -0.3 is 15.0 Å². The van der Waals surface area contributed by atoms with Crippen LogP contribution < -0.4 is 5.32 Å². The molecule has 5 rings (SSSR count). The maximum atomic E-state index is 13.7. The van der Waals surface area contributed by atoms with Gasteiger partial charge in [0.2, 0.25) is 0 Å². The molecule has 2 N–H and O–H groups in total. The molecule has 0 saturated carbocycles. The molecule has 1 aliphatic heterocycles. The molecule has 0 aliphatic carbocycles. The summed E-state index contributed by atoms with van der Waals surface area (Å²) in [5.41, 5.74) is 2.36. The second kappa shape index (κ2) is 6.59. The van der Waals surface area contributed by atoms with Crippen LogP contribution in [0.25, 0.3) is 32.9 Å². The molecule has 1 saturated heterocycles. The van der Waals surface area contributed by atoms with E-state index in [1.54, 1.807) is 18.5 Å². The molecular formula is C20H18FN5O. The van der Waals surface area contributed by atoms with E-state index in [4.69, 9.17) is 4.74 Å². The van der Waals surface area contributed by atoms with E-state index in [2.05, 4.69) is 25.5 Å². The van der Waals surface area contributed by atoms with Crippen molar-refractivity contribution in [3.05, 3.63) is 48.7 Å². The van der Waals surface area contributed by atoms with Gasteiger partial charge in [-0.1, -0.05) is 6.07 Å². The molecule has 4 aromatic rings. The van der Waals surface area contributed by atoms with Crippen molar-refractivity contribution in [3.63, 3.8) is 0 Å². The lowest BCUT2D eigenvalue weighted by Gasteiger charge is -2.13. The average molecular weight is 363 g/mol. The first-order chi connectivity index (χ1) is 13.3. The molecule has 6 nitrogen and oxygen atoms in total. The summed E-state index contributed by atoms with van der Waals surface area (Å²) in [5, 5.41) is 14.7. The lowest BCUT2D eigenvalue weighted by Crippen LogP contribution is -2.15. The number of benzene rings is 1. The van der Waals surface area contributed by atoms with Gasteiger partial charge in [-0.25, -0.2) is 4.39 Å². The molecule has 1 aliphatic rings. The Kier molecular flexibility index (Phi) is 3.94. The van der Waals surface area contributed by atoms with Crippen LogP contribution in [0.1, 0.15) is 6.42 Å². The number of aromatic amines is 1. The third-order valence-electron chi connectivity index (χ3n) is 5.07. The van der Waals surface area contributed by atoms with Gasteiger partial charge >= 0.3 is 0 Å². The van der Waals surface area contributed by atoms with Gasteiger partial charge in [0.1, 0.15) is 11.5 Å². The molecule has 0 radical (unpaired) electrons. The third-order valence-corrected chi connectivity index (χ3v) is 5.07. The first-order valence-corrected chi connectivity index (χ1v) is 8.98. The van der Waals surface area contributed by atoms with Crippen molar-refractivity contribution in [3.8, 4) is 11.3 Å². The van der Waals surface area contributed by atoms with Gasteiger partial charge in [-0.3, -0.25) is 4.98 Å². The predicted octanol–water partition coefficient (Wildman–Crippen LogP) is 3.76. The van der Waals surface area contributed by atoms with Crippen LogP contribution in [0.5, 0.6) is 0 Å². The van der Waals surface area contributed by atoms with E-state index in [9.17, 15) is 4.39 Å². The Balaban J connectivity index is 1.55. The number of anilines is 1. The molecule has 136 valence electrons. The smallest absolute Gasteiger partial charge is 0.158 e. The Hall–Kier alpha value is -3.06. The van der Waals surface area contributed by atoms with Gasteiger partial charge in [0.15, 0.2) is 5.82 Å². The normalized spacial score (nSPS) is 17.0. The number of hydrogen-bond donors (Lipinski definition) is 2. The Morgan fingerprint density at radius 3 is 3.04 bits per heavy atom. The van der Waals surface area contributed by atoms with Crippen LogP contribution in [-0.4, -0.2) is 39.9 Å². The number of ether oxygens (including phenoxy) is 1. The first-order valence-electron chi connectivity index (χ1n) is 8.98. The third kappa shape index (κ3) is 2.90. The SMILES string of the molecule is Fc1c[nH]c2cc(-c3nnc(NC[C@H]4CCOC4)c4cnccc34)ccc12. The number of hydrogen-bond acceptors (Lipinski definition) is 5. The maximum absolute atomic E-state index is 13.7. The van der Waals surface area contributed by atoms with E-state index in [0.29, 0.717) is 11.3 Å². The molecule has 1 aromatic carbocycles. The van der Waals surface area contributed by atoms with E-state index < -0.39 is 0 Å². The highest BCUT2D eigenvalue weighted by molar-refractivity contribution is 6.00. The largest absolute Gasteiger partial charge is 0.381 e. The highest BCUT2D eigenvalue weighted by atomic mass is 19.1. The number of nitrogens with one attached hydrogen (secondary N) is 2. The van der Waals surface area contributed by atoms with E-state index in [0.717, 1.165) is 59.5 Å². The summed E-state index contributed by atoms with van der Waals surface area (Å²) in [4.78, 5) is 7.20. The topological polar surface area (TPSA) is 75.7 Å². The van der Waals surface area contributed by atoms with Gasteiger partial charge in [-0.05, 0) is 24.6 Å². The second-order valence-electron chi connectivity index (χ2n) is 6.83. The van der Waals surface area contributed by atoms with Crippen molar-refractivity contribution >= 4 is 27.5 Å². The molecule has 0 spiro atoms. The molecule has 3 aromatic heterocycles. The van der Waals surface area contributed by atoms with Crippen LogP contribution in [0.3, 0.4) is 0 Å². The van der Waals surface area contributed by atoms with Crippen molar-refractivity contribution < 1.29 is 9.13 Å². The van der Waals surface area contributed by atoms with Crippen LogP contribution in [-0.2, 0) is 4.74 Å². The highest BCUT2D eigenvalue weighted by Gasteiger charge is 2.17. The van der Waals surface area contributed by atoms with Gasteiger partial charge in [0.25, 0.3) is 0 Å². The number of halogens is 1. The van der Waals surface area contributed by atoms with Crippen molar-refractivity contribution in [2.45, 2.75) is 6.42 Å². The molecule has 7 heteroatoms. The fraction of sp³-hybridized carbons (Fsp3) is 0.250. The fourth-order valence-electron chi connectivity index (χ4n) is 3.56. The van der Waals surface area contributed by atoms with E-state index in [-0.39, 0.29) is 5.82 Å². The zero-order valence-electron chi connectivity index (χ0n) is 14.6. The van der Waals surface area contributed by atoms with Crippen molar-refractivity contribution in [2.24, 2.45) is 5.92 Å². The summed E-state index contributed by atoms with van der Waals surface area (Å²) in [6.45, 7) is 2.40. The van der Waals surface area contributed by atoms with Gasteiger partial charge in [-0.2, -0.15) is 0 Å². The standard InChI is InChI=1S/C20H18FN5O/c21-17-10-23-18-7-13(1-2-15(17)18)19-14-3-5-22-9-16(14)20(26-25-19)24-8-12-4-6-27-11-12/h1-3,5,7,9-10,12,23H,4,6,8,11H2,(H,24,26)/t12-/m1/s1. The average Bonchev–Trinajstić information content (AvgIpc) is 3.36. The number of aromatic nitrogens is 4. The summed E-state index contributed by atoms with van der Waals surface area (Å²) < 4.78 is 19.1. The Morgan fingerprint density at radius 2 is 2.15 bits per heavy atom. The number of fused-ring (bicyclic) bond motifs is 2. The van der Waals surface area contributed by atoms with Crippen LogP contribution in [0.4, 0.5) is 10.2 Å². The summed E-state index contributed by atoms with van der Waals surface area (Å²) >= 11 is 0. The van der Waals surface area contributed by atoms with Crippen LogP contribution in [0.2, 0.25) is 0 Å². The molecule has 0 unspecified atom stereocenters. The molecule has 1 atom stereocenters. The molecule has 0 amide bonds.